The van der Waals surface area contributed by atoms with Crippen molar-refractivity contribution in [3.05, 3.63) is 36.0 Å². The second-order valence-electron chi connectivity index (χ2n) is 5.90. The highest BCUT2D eigenvalue weighted by Gasteiger charge is 2.26. The average molecular weight is 344 g/mol. The first kappa shape index (κ1) is 16.7. The Labute approximate surface area is 142 Å². The van der Waals surface area contributed by atoms with E-state index in [1.165, 1.54) is 0 Å². The van der Waals surface area contributed by atoms with E-state index < -0.39 is 10.0 Å². The molecule has 0 radical (unpaired) electrons. The minimum atomic E-state index is -3.11. The number of nitrogens with one attached hydrogen (secondary N) is 1. The summed E-state index contributed by atoms with van der Waals surface area (Å²) in [5.74, 6) is 0.144. The number of pyridine rings is 1. The van der Waals surface area contributed by atoms with Crippen molar-refractivity contribution < 1.29 is 8.42 Å². The lowest BCUT2D eigenvalue weighted by molar-refractivity contribution is 0.330. The molecule has 1 aromatic heterocycles. The lowest BCUT2D eigenvalue weighted by Gasteiger charge is -2.32. The molecule has 0 aliphatic carbocycles. The summed E-state index contributed by atoms with van der Waals surface area (Å²) in [5.41, 5.74) is 2.04. The zero-order chi connectivity index (χ0) is 17.2. The van der Waals surface area contributed by atoms with Crippen LogP contribution in [0.1, 0.15) is 25.5 Å². The Morgan fingerprint density at radius 2 is 2.04 bits per heavy atom. The topological polar surface area (TPSA) is 86.1 Å². The van der Waals surface area contributed by atoms with E-state index in [-0.39, 0.29) is 11.8 Å². The van der Waals surface area contributed by atoms with Gasteiger partial charge in [-0.2, -0.15) is 5.26 Å². The van der Waals surface area contributed by atoms with E-state index in [4.69, 9.17) is 5.26 Å². The number of para-hydroxylation sites is 1. The molecule has 7 heteroatoms. The van der Waals surface area contributed by atoms with Gasteiger partial charge in [-0.05, 0) is 31.9 Å². The molecule has 126 valence electrons. The zero-order valence-corrected chi connectivity index (χ0v) is 14.4. The van der Waals surface area contributed by atoms with Gasteiger partial charge in [-0.1, -0.05) is 18.2 Å². The van der Waals surface area contributed by atoms with Crippen molar-refractivity contribution in [2.45, 2.75) is 25.8 Å². The standard InChI is InChI=1S/C17H20N4O2S/c1-2-24(22,23)21-9-7-13(8-10-21)19-17-11-14(12-18)20-16-6-4-3-5-15(16)17/h3-6,11,13H,2,7-10H2,1H3,(H,19,20). The Hall–Kier alpha value is -2.17. The summed E-state index contributed by atoms with van der Waals surface area (Å²) in [6.45, 7) is 2.73. The van der Waals surface area contributed by atoms with Crippen LogP contribution in [-0.2, 0) is 10.0 Å². The van der Waals surface area contributed by atoms with E-state index in [0.717, 1.165) is 29.4 Å². The molecule has 1 aliphatic rings. The van der Waals surface area contributed by atoms with E-state index in [1.54, 1.807) is 17.3 Å². The molecule has 1 aliphatic heterocycles. The second-order valence-corrected chi connectivity index (χ2v) is 8.16. The highest BCUT2D eigenvalue weighted by atomic mass is 32.2. The van der Waals surface area contributed by atoms with E-state index in [1.807, 2.05) is 24.3 Å². The number of anilines is 1. The third-order valence-corrected chi connectivity index (χ3v) is 6.28. The van der Waals surface area contributed by atoms with Crippen molar-refractivity contribution in [1.29, 1.82) is 5.26 Å². The van der Waals surface area contributed by atoms with E-state index in [9.17, 15) is 8.42 Å². The molecular formula is C17H20N4O2S. The van der Waals surface area contributed by atoms with Gasteiger partial charge in [0.25, 0.3) is 0 Å². The molecule has 24 heavy (non-hydrogen) atoms. The van der Waals surface area contributed by atoms with Crippen LogP contribution in [0.2, 0.25) is 0 Å². The Balaban J connectivity index is 1.78. The summed E-state index contributed by atoms with van der Waals surface area (Å²) < 4.78 is 25.4. The van der Waals surface area contributed by atoms with Crippen molar-refractivity contribution in [1.82, 2.24) is 9.29 Å². The number of hydrogen-bond acceptors (Lipinski definition) is 5. The molecule has 0 spiro atoms. The monoisotopic (exact) mass is 344 g/mol. The molecule has 1 aromatic carbocycles. The smallest absolute Gasteiger partial charge is 0.213 e. The van der Waals surface area contributed by atoms with Crippen LogP contribution in [-0.4, -0.2) is 42.6 Å². The highest BCUT2D eigenvalue weighted by molar-refractivity contribution is 7.89. The number of aromatic nitrogens is 1. The third kappa shape index (κ3) is 3.35. The molecule has 3 rings (SSSR count). The molecule has 0 bridgehead atoms. The first-order valence-electron chi connectivity index (χ1n) is 8.07. The quantitative estimate of drug-likeness (QED) is 0.920. The molecule has 2 heterocycles. The summed E-state index contributed by atoms with van der Waals surface area (Å²) in [4.78, 5) is 4.31. The molecule has 1 N–H and O–H groups in total. The van der Waals surface area contributed by atoms with Gasteiger partial charge >= 0.3 is 0 Å². The molecule has 1 fully saturated rings. The van der Waals surface area contributed by atoms with Crippen LogP contribution in [0.3, 0.4) is 0 Å². The Kier molecular flexibility index (Phi) is 4.69. The van der Waals surface area contributed by atoms with Crippen molar-refractivity contribution >= 4 is 26.6 Å². The second kappa shape index (κ2) is 6.75. The van der Waals surface area contributed by atoms with E-state index in [2.05, 4.69) is 16.4 Å². The number of benzene rings is 1. The van der Waals surface area contributed by atoms with Crippen molar-refractivity contribution in [2.24, 2.45) is 0 Å². The Bertz CT molecular complexity index is 881. The van der Waals surface area contributed by atoms with Gasteiger partial charge < -0.3 is 5.32 Å². The fraction of sp³-hybridized carbons (Fsp3) is 0.412. The average Bonchev–Trinajstić information content (AvgIpc) is 2.62. The van der Waals surface area contributed by atoms with Crippen LogP contribution in [0.15, 0.2) is 30.3 Å². The lowest BCUT2D eigenvalue weighted by Crippen LogP contribution is -2.42. The number of nitrogens with zero attached hydrogens (tertiary/aromatic N) is 3. The normalized spacial score (nSPS) is 16.8. The van der Waals surface area contributed by atoms with Gasteiger partial charge in [0.05, 0.1) is 11.3 Å². The maximum Gasteiger partial charge on any atom is 0.213 e. The summed E-state index contributed by atoms with van der Waals surface area (Å²) in [6, 6.07) is 11.7. The predicted octanol–water partition coefficient (Wildman–Crippen LogP) is 2.33. The van der Waals surface area contributed by atoms with Gasteiger partial charge in [-0.3, -0.25) is 0 Å². The number of fused-ring (bicyclic) bond motifs is 1. The molecule has 0 amide bonds. The number of sulfonamides is 1. The Morgan fingerprint density at radius 3 is 2.71 bits per heavy atom. The fourth-order valence-corrected chi connectivity index (χ4v) is 4.17. The minimum absolute atomic E-state index is 0.144. The van der Waals surface area contributed by atoms with Gasteiger partial charge in [0.15, 0.2) is 0 Å². The minimum Gasteiger partial charge on any atom is -0.382 e. The molecule has 2 aromatic rings. The Morgan fingerprint density at radius 1 is 1.33 bits per heavy atom. The highest BCUT2D eigenvalue weighted by Crippen LogP contribution is 2.26. The predicted molar refractivity (Wildman–Crippen MR) is 94.1 cm³/mol. The van der Waals surface area contributed by atoms with Crippen LogP contribution in [0.4, 0.5) is 5.69 Å². The molecule has 0 saturated carbocycles. The molecule has 1 saturated heterocycles. The van der Waals surface area contributed by atoms with Gasteiger partial charge in [0.1, 0.15) is 11.8 Å². The number of nitriles is 1. The third-order valence-electron chi connectivity index (χ3n) is 4.40. The van der Waals surface area contributed by atoms with Crippen LogP contribution >= 0.6 is 0 Å². The van der Waals surface area contributed by atoms with Gasteiger partial charge in [0, 0.05) is 30.2 Å². The summed E-state index contributed by atoms with van der Waals surface area (Å²) in [5, 5.41) is 13.6. The summed E-state index contributed by atoms with van der Waals surface area (Å²) >= 11 is 0. The van der Waals surface area contributed by atoms with Gasteiger partial charge in [-0.15, -0.1) is 0 Å². The number of piperidine rings is 1. The summed E-state index contributed by atoms with van der Waals surface area (Å²) in [6.07, 6.45) is 1.50. The maximum atomic E-state index is 11.9. The zero-order valence-electron chi connectivity index (χ0n) is 13.6. The first-order chi connectivity index (χ1) is 11.5. The molecule has 6 nitrogen and oxygen atoms in total. The van der Waals surface area contributed by atoms with Crippen molar-refractivity contribution in [3.63, 3.8) is 0 Å². The lowest BCUT2D eigenvalue weighted by atomic mass is 10.1. The maximum absolute atomic E-state index is 11.9. The van der Waals surface area contributed by atoms with E-state index in [0.29, 0.717) is 18.8 Å². The molecular weight excluding hydrogens is 324 g/mol. The van der Waals surface area contributed by atoms with Crippen LogP contribution < -0.4 is 5.32 Å². The molecule has 0 atom stereocenters. The van der Waals surface area contributed by atoms with E-state index >= 15 is 0 Å². The number of hydrogen-bond donors (Lipinski definition) is 1. The fourth-order valence-electron chi connectivity index (χ4n) is 3.03. The van der Waals surface area contributed by atoms with Crippen molar-refractivity contribution in [3.8, 4) is 6.07 Å². The first-order valence-corrected chi connectivity index (χ1v) is 9.68. The van der Waals surface area contributed by atoms with Crippen LogP contribution in [0, 0.1) is 11.3 Å². The van der Waals surface area contributed by atoms with Crippen LogP contribution in [0.5, 0.6) is 0 Å². The van der Waals surface area contributed by atoms with Crippen LogP contribution in [0.25, 0.3) is 10.9 Å². The number of rotatable bonds is 4. The van der Waals surface area contributed by atoms with Gasteiger partial charge in [-0.25, -0.2) is 17.7 Å². The van der Waals surface area contributed by atoms with Gasteiger partial charge in [0.2, 0.25) is 10.0 Å². The molecule has 0 unspecified atom stereocenters. The SMILES string of the molecule is CCS(=O)(=O)N1CCC(Nc2cc(C#N)nc3ccccc23)CC1. The largest absolute Gasteiger partial charge is 0.382 e. The van der Waals surface area contributed by atoms with Crippen molar-refractivity contribution in [2.75, 3.05) is 24.2 Å². The summed E-state index contributed by atoms with van der Waals surface area (Å²) in [7, 11) is -3.11.